The molecule has 0 aliphatic heterocycles. The molecule has 0 saturated carbocycles. The number of fused-ring (bicyclic) bond motifs is 2. The van der Waals surface area contributed by atoms with Gasteiger partial charge in [0.2, 0.25) is 0 Å². The molecule has 0 saturated heterocycles. The van der Waals surface area contributed by atoms with Gasteiger partial charge in [0, 0.05) is 11.9 Å². The van der Waals surface area contributed by atoms with Gasteiger partial charge < -0.3 is 15.1 Å². The summed E-state index contributed by atoms with van der Waals surface area (Å²) in [5.41, 5.74) is 9.49. The van der Waals surface area contributed by atoms with Crippen molar-refractivity contribution in [1.82, 2.24) is 9.97 Å². The Morgan fingerprint density at radius 1 is 1.10 bits per heavy atom. The number of aromatic nitrogens is 2. The van der Waals surface area contributed by atoms with Gasteiger partial charge in [0.05, 0.1) is 11.0 Å². The second-order valence-corrected chi connectivity index (χ2v) is 4.79. The normalized spacial score (nSPS) is 11.4. The van der Waals surface area contributed by atoms with Crippen LogP contribution in [-0.4, -0.2) is 9.97 Å². The molecule has 4 rings (SSSR count). The van der Waals surface area contributed by atoms with E-state index >= 15 is 0 Å². The topological polar surface area (TPSA) is 67.8 Å². The number of imidazole rings is 1. The second kappa shape index (κ2) is 4.21. The Balaban J connectivity index is 1.88. The highest BCUT2D eigenvalue weighted by atomic mass is 16.3. The van der Waals surface area contributed by atoms with Crippen molar-refractivity contribution < 1.29 is 4.42 Å². The zero-order valence-corrected chi connectivity index (χ0v) is 10.8. The fraction of sp³-hybridized carbons (Fsp3) is 0.0625. The Labute approximate surface area is 115 Å². The lowest BCUT2D eigenvalue weighted by atomic mass is 10.2. The molecule has 0 aliphatic rings. The van der Waals surface area contributed by atoms with Crippen LogP contribution in [0.2, 0.25) is 0 Å². The molecule has 0 unspecified atom stereocenters. The number of para-hydroxylation sites is 1. The third-order valence-electron chi connectivity index (χ3n) is 3.44. The fourth-order valence-electron chi connectivity index (χ4n) is 2.40. The number of aromatic amines is 1. The highest BCUT2D eigenvalue weighted by Gasteiger charge is 2.10. The van der Waals surface area contributed by atoms with Gasteiger partial charge in [-0.05, 0) is 29.8 Å². The average molecular weight is 263 g/mol. The first kappa shape index (κ1) is 11.3. The third kappa shape index (κ3) is 1.70. The van der Waals surface area contributed by atoms with Crippen LogP contribution in [0.3, 0.4) is 0 Å². The molecule has 0 atom stereocenters. The molecule has 3 N–H and O–H groups in total. The molecule has 2 aromatic heterocycles. The lowest BCUT2D eigenvalue weighted by molar-refractivity contribution is 0.627. The van der Waals surface area contributed by atoms with Gasteiger partial charge in [-0.2, -0.15) is 0 Å². The molecule has 4 aromatic rings. The first-order chi connectivity index (χ1) is 9.83. The zero-order valence-electron chi connectivity index (χ0n) is 10.8. The number of nitrogens with two attached hydrogens (primary N) is 1. The number of benzene rings is 2. The first-order valence-electron chi connectivity index (χ1n) is 6.51. The molecule has 4 nitrogen and oxygen atoms in total. The predicted octanol–water partition coefficient (Wildman–Crippen LogP) is 3.43. The summed E-state index contributed by atoms with van der Waals surface area (Å²) in [5.74, 6) is 1.49. The van der Waals surface area contributed by atoms with Gasteiger partial charge in [-0.15, -0.1) is 0 Å². The van der Waals surface area contributed by atoms with Crippen LogP contribution in [-0.2, 0) is 6.54 Å². The maximum Gasteiger partial charge on any atom is 0.174 e. The Morgan fingerprint density at radius 3 is 2.85 bits per heavy atom. The van der Waals surface area contributed by atoms with Crippen molar-refractivity contribution in [2.75, 3.05) is 0 Å². The predicted molar refractivity (Wildman–Crippen MR) is 79.2 cm³/mol. The minimum absolute atomic E-state index is 0.523. The number of H-pyrrole nitrogens is 1. The molecule has 0 spiro atoms. The maximum absolute atomic E-state index is 5.82. The van der Waals surface area contributed by atoms with E-state index in [9.17, 15) is 0 Å². The summed E-state index contributed by atoms with van der Waals surface area (Å²) in [7, 11) is 0. The molecular formula is C16H13N3O. The molecule has 4 heteroatoms. The van der Waals surface area contributed by atoms with Gasteiger partial charge in [0.1, 0.15) is 5.58 Å². The lowest BCUT2D eigenvalue weighted by Crippen LogP contribution is -1.95. The SMILES string of the molecule is NCc1ccc2nc(-c3cc4ccccc4o3)[nH]c2c1. The van der Waals surface area contributed by atoms with Crippen LogP contribution >= 0.6 is 0 Å². The summed E-state index contributed by atoms with van der Waals surface area (Å²) in [6, 6.07) is 15.9. The number of rotatable bonds is 2. The molecule has 20 heavy (non-hydrogen) atoms. The summed E-state index contributed by atoms with van der Waals surface area (Å²) in [4.78, 5) is 7.85. The largest absolute Gasteiger partial charge is 0.453 e. The summed E-state index contributed by atoms with van der Waals surface area (Å²) in [6.07, 6.45) is 0. The maximum atomic E-state index is 5.82. The van der Waals surface area contributed by atoms with Crippen molar-refractivity contribution in [3.05, 3.63) is 54.1 Å². The Morgan fingerprint density at radius 2 is 2.00 bits per heavy atom. The van der Waals surface area contributed by atoms with E-state index in [1.165, 1.54) is 0 Å². The minimum Gasteiger partial charge on any atom is -0.453 e. The molecule has 0 amide bonds. The van der Waals surface area contributed by atoms with E-state index in [-0.39, 0.29) is 0 Å². The highest BCUT2D eigenvalue weighted by Crippen LogP contribution is 2.27. The summed E-state index contributed by atoms with van der Waals surface area (Å²) < 4.78 is 5.82. The van der Waals surface area contributed by atoms with Crippen LogP contribution in [0, 0.1) is 0 Å². The molecular weight excluding hydrogens is 250 g/mol. The summed E-state index contributed by atoms with van der Waals surface area (Å²) >= 11 is 0. The van der Waals surface area contributed by atoms with E-state index in [2.05, 4.69) is 9.97 Å². The third-order valence-corrected chi connectivity index (χ3v) is 3.44. The van der Waals surface area contributed by atoms with Crippen LogP contribution in [0.5, 0.6) is 0 Å². The summed E-state index contributed by atoms with van der Waals surface area (Å²) in [6.45, 7) is 0.523. The molecule has 2 heterocycles. The van der Waals surface area contributed by atoms with E-state index in [4.69, 9.17) is 10.2 Å². The fourth-order valence-corrected chi connectivity index (χ4v) is 2.40. The number of hydrogen-bond donors (Lipinski definition) is 2. The van der Waals surface area contributed by atoms with Gasteiger partial charge in [0.15, 0.2) is 11.6 Å². The van der Waals surface area contributed by atoms with Crippen molar-refractivity contribution in [3.8, 4) is 11.6 Å². The van der Waals surface area contributed by atoms with Gasteiger partial charge >= 0.3 is 0 Å². The molecule has 2 aromatic carbocycles. The molecule has 0 aliphatic carbocycles. The lowest BCUT2D eigenvalue weighted by Gasteiger charge is -1.94. The Hall–Kier alpha value is -2.59. The highest BCUT2D eigenvalue weighted by molar-refractivity contribution is 5.84. The van der Waals surface area contributed by atoms with E-state index in [1.807, 2.05) is 48.5 Å². The van der Waals surface area contributed by atoms with Gasteiger partial charge in [0.25, 0.3) is 0 Å². The van der Waals surface area contributed by atoms with Crippen molar-refractivity contribution >= 4 is 22.0 Å². The Kier molecular flexibility index (Phi) is 2.37. The van der Waals surface area contributed by atoms with E-state index in [0.29, 0.717) is 6.54 Å². The monoisotopic (exact) mass is 263 g/mol. The standard InChI is InChI=1S/C16H13N3O/c17-9-10-5-6-12-13(7-10)19-16(18-12)15-8-11-3-1-2-4-14(11)20-15/h1-8H,9,17H2,(H,18,19). The molecule has 0 fully saturated rings. The smallest absolute Gasteiger partial charge is 0.174 e. The average Bonchev–Trinajstić information content (AvgIpc) is 3.09. The second-order valence-electron chi connectivity index (χ2n) is 4.79. The Bertz CT molecular complexity index is 871. The van der Waals surface area contributed by atoms with Gasteiger partial charge in [-0.3, -0.25) is 0 Å². The minimum atomic E-state index is 0.523. The van der Waals surface area contributed by atoms with Crippen LogP contribution < -0.4 is 5.73 Å². The summed E-state index contributed by atoms with van der Waals surface area (Å²) in [5, 5.41) is 1.07. The quantitative estimate of drug-likeness (QED) is 0.582. The van der Waals surface area contributed by atoms with E-state index in [1.54, 1.807) is 0 Å². The number of nitrogens with one attached hydrogen (secondary N) is 1. The molecule has 0 radical (unpaired) electrons. The van der Waals surface area contributed by atoms with Crippen molar-refractivity contribution in [3.63, 3.8) is 0 Å². The number of hydrogen-bond acceptors (Lipinski definition) is 3. The molecule has 0 bridgehead atoms. The van der Waals surface area contributed by atoms with E-state index in [0.717, 1.165) is 39.2 Å². The van der Waals surface area contributed by atoms with Crippen LogP contribution in [0.25, 0.3) is 33.6 Å². The molecule has 98 valence electrons. The zero-order chi connectivity index (χ0) is 13.5. The van der Waals surface area contributed by atoms with Gasteiger partial charge in [-0.25, -0.2) is 4.98 Å². The van der Waals surface area contributed by atoms with Crippen molar-refractivity contribution in [1.29, 1.82) is 0 Å². The van der Waals surface area contributed by atoms with E-state index < -0.39 is 0 Å². The number of furan rings is 1. The first-order valence-corrected chi connectivity index (χ1v) is 6.51. The number of nitrogens with zero attached hydrogens (tertiary/aromatic N) is 1. The van der Waals surface area contributed by atoms with Crippen LogP contribution in [0.1, 0.15) is 5.56 Å². The van der Waals surface area contributed by atoms with Crippen molar-refractivity contribution in [2.24, 2.45) is 5.73 Å². The van der Waals surface area contributed by atoms with Crippen molar-refractivity contribution in [2.45, 2.75) is 6.54 Å². The van der Waals surface area contributed by atoms with Crippen LogP contribution in [0.4, 0.5) is 0 Å². The van der Waals surface area contributed by atoms with Crippen LogP contribution in [0.15, 0.2) is 52.9 Å². The van der Waals surface area contributed by atoms with Gasteiger partial charge in [-0.1, -0.05) is 24.3 Å².